The van der Waals surface area contributed by atoms with Gasteiger partial charge in [-0.2, -0.15) is 0 Å². The summed E-state index contributed by atoms with van der Waals surface area (Å²) >= 11 is 0. The second kappa shape index (κ2) is 9.64. The van der Waals surface area contributed by atoms with Crippen molar-refractivity contribution in [3.63, 3.8) is 0 Å². The zero-order chi connectivity index (χ0) is 20.7. The van der Waals surface area contributed by atoms with Crippen LogP contribution in [0.2, 0.25) is 0 Å². The van der Waals surface area contributed by atoms with Gasteiger partial charge in [-0.1, -0.05) is 55.8 Å². The van der Waals surface area contributed by atoms with Crippen molar-refractivity contribution in [2.24, 2.45) is 0 Å². The first-order valence-electron chi connectivity index (χ1n) is 10.5. The van der Waals surface area contributed by atoms with Gasteiger partial charge in [0, 0.05) is 12.1 Å². The molecule has 0 radical (unpaired) electrons. The number of carbonyl (C=O) groups is 1. The van der Waals surface area contributed by atoms with Gasteiger partial charge in [-0.05, 0) is 61.8 Å². The molecular formula is C25H31NO3. The van der Waals surface area contributed by atoms with Crippen LogP contribution in [-0.2, 0) is 22.4 Å². The molecule has 0 fully saturated rings. The number of carbonyl (C=O) groups excluding carboxylic acids is 1. The summed E-state index contributed by atoms with van der Waals surface area (Å²) in [5.41, 5.74) is 8.74. The number of ether oxygens (including phenoxy) is 1. The number of anilines is 1. The first-order valence-corrected chi connectivity index (χ1v) is 10.5. The second-order valence-corrected chi connectivity index (χ2v) is 8.01. The molecule has 1 atom stereocenters. The van der Waals surface area contributed by atoms with E-state index in [0.29, 0.717) is 18.4 Å². The zero-order valence-corrected chi connectivity index (χ0v) is 17.2. The summed E-state index contributed by atoms with van der Waals surface area (Å²) in [6, 6.07) is 18.0. The summed E-state index contributed by atoms with van der Waals surface area (Å²) in [7, 11) is 0. The number of rotatable bonds is 9. The molecule has 29 heavy (non-hydrogen) atoms. The van der Waals surface area contributed by atoms with E-state index in [1.807, 2.05) is 42.5 Å². The smallest absolute Gasteiger partial charge is 0.337 e. The summed E-state index contributed by atoms with van der Waals surface area (Å²) in [5, 5.41) is 10.7. The molecule has 3 N–H and O–H groups in total. The minimum atomic E-state index is -0.608. The standard InChI is InChI=1S/C25H31NO3/c1-2-15-25(16-14-19-8-4-3-5-9-19)18-23(27)22(24(28)29-25)13-7-11-20-10-6-12-21(26)17-20/h3-6,8-10,12,17,27H,2,7,11,13-16,18,26H2,1H3/t25-/m0/s1. The van der Waals surface area contributed by atoms with Crippen molar-refractivity contribution in [3.8, 4) is 0 Å². The predicted octanol–water partition coefficient (Wildman–Crippen LogP) is 5.52. The molecule has 0 amide bonds. The number of benzene rings is 2. The lowest BCUT2D eigenvalue weighted by Gasteiger charge is -2.37. The van der Waals surface area contributed by atoms with Crippen LogP contribution in [0.4, 0.5) is 5.69 Å². The van der Waals surface area contributed by atoms with Crippen LogP contribution in [0.5, 0.6) is 0 Å². The highest BCUT2D eigenvalue weighted by atomic mass is 16.6. The van der Waals surface area contributed by atoms with Crippen LogP contribution in [0.1, 0.15) is 56.6 Å². The molecule has 4 nitrogen and oxygen atoms in total. The van der Waals surface area contributed by atoms with E-state index < -0.39 is 5.60 Å². The number of cyclic esters (lactones) is 1. The summed E-state index contributed by atoms with van der Waals surface area (Å²) in [6.45, 7) is 2.08. The molecule has 2 aromatic carbocycles. The zero-order valence-electron chi connectivity index (χ0n) is 17.2. The maximum atomic E-state index is 12.7. The van der Waals surface area contributed by atoms with E-state index >= 15 is 0 Å². The third kappa shape index (κ3) is 5.63. The number of hydrogen-bond acceptors (Lipinski definition) is 4. The molecule has 0 saturated heterocycles. The second-order valence-electron chi connectivity index (χ2n) is 8.01. The normalized spacial score (nSPS) is 19.3. The molecule has 0 unspecified atom stereocenters. The third-order valence-corrected chi connectivity index (χ3v) is 5.65. The van der Waals surface area contributed by atoms with E-state index in [2.05, 4.69) is 19.1 Å². The van der Waals surface area contributed by atoms with Gasteiger partial charge in [0.2, 0.25) is 0 Å². The molecule has 0 spiro atoms. The number of aryl methyl sites for hydroxylation is 2. The number of hydrogen-bond donors (Lipinski definition) is 2. The lowest BCUT2D eigenvalue weighted by Crippen LogP contribution is -2.40. The number of esters is 1. The predicted molar refractivity (Wildman–Crippen MR) is 117 cm³/mol. The highest BCUT2D eigenvalue weighted by Crippen LogP contribution is 2.37. The van der Waals surface area contributed by atoms with Gasteiger partial charge in [0.05, 0.1) is 5.57 Å². The van der Waals surface area contributed by atoms with Gasteiger partial charge in [0.25, 0.3) is 0 Å². The maximum absolute atomic E-state index is 12.7. The first kappa shape index (κ1) is 21.0. The Morgan fingerprint density at radius 1 is 1.00 bits per heavy atom. The fraction of sp³-hybridized carbons (Fsp3) is 0.400. The molecule has 2 aromatic rings. The average Bonchev–Trinajstić information content (AvgIpc) is 2.70. The van der Waals surface area contributed by atoms with E-state index in [9.17, 15) is 9.90 Å². The van der Waals surface area contributed by atoms with Crippen LogP contribution in [-0.4, -0.2) is 16.7 Å². The molecule has 1 heterocycles. The van der Waals surface area contributed by atoms with E-state index in [4.69, 9.17) is 10.5 Å². The molecule has 0 aliphatic carbocycles. The van der Waals surface area contributed by atoms with Gasteiger partial charge in [-0.3, -0.25) is 0 Å². The monoisotopic (exact) mass is 393 g/mol. The quantitative estimate of drug-likeness (QED) is 0.434. The van der Waals surface area contributed by atoms with Gasteiger partial charge < -0.3 is 15.6 Å². The van der Waals surface area contributed by atoms with Crippen LogP contribution in [0.15, 0.2) is 65.9 Å². The SMILES string of the molecule is CCC[C@]1(CCc2ccccc2)CC(O)=C(CCCc2cccc(N)c2)C(=O)O1. The van der Waals surface area contributed by atoms with Crippen molar-refractivity contribution >= 4 is 11.7 Å². The summed E-state index contributed by atoms with van der Waals surface area (Å²) in [4.78, 5) is 12.7. The first-order chi connectivity index (χ1) is 14.0. The van der Waals surface area contributed by atoms with Gasteiger partial charge in [-0.25, -0.2) is 4.79 Å². The van der Waals surface area contributed by atoms with Crippen LogP contribution in [0.3, 0.4) is 0 Å². The highest BCUT2D eigenvalue weighted by Gasteiger charge is 2.40. The molecule has 3 rings (SSSR count). The van der Waals surface area contributed by atoms with Gasteiger partial charge in [0.1, 0.15) is 11.4 Å². The van der Waals surface area contributed by atoms with E-state index in [1.165, 1.54) is 5.56 Å². The minimum absolute atomic E-state index is 0.204. The maximum Gasteiger partial charge on any atom is 0.337 e. The Balaban J connectivity index is 1.64. The van der Waals surface area contributed by atoms with Crippen molar-refractivity contribution in [3.05, 3.63) is 77.1 Å². The topological polar surface area (TPSA) is 72.5 Å². The Hall–Kier alpha value is -2.75. The van der Waals surface area contributed by atoms with Gasteiger partial charge in [-0.15, -0.1) is 0 Å². The van der Waals surface area contributed by atoms with Crippen molar-refractivity contribution in [1.82, 2.24) is 0 Å². The molecule has 0 aromatic heterocycles. The van der Waals surface area contributed by atoms with Crippen LogP contribution >= 0.6 is 0 Å². The molecule has 0 bridgehead atoms. The van der Waals surface area contributed by atoms with Crippen molar-refractivity contribution in [1.29, 1.82) is 0 Å². The Bertz CT molecular complexity index is 859. The molecule has 1 aliphatic rings. The molecular weight excluding hydrogens is 362 g/mol. The summed E-state index contributed by atoms with van der Waals surface area (Å²) < 4.78 is 5.96. The van der Waals surface area contributed by atoms with E-state index in [-0.39, 0.29) is 11.7 Å². The van der Waals surface area contributed by atoms with Crippen molar-refractivity contribution in [2.45, 2.75) is 63.9 Å². The lowest BCUT2D eigenvalue weighted by molar-refractivity contribution is -0.161. The summed E-state index contributed by atoms with van der Waals surface area (Å²) in [6.07, 6.45) is 5.70. The number of nitrogens with two attached hydrogens (primary N) is 1. The number of aliphatic hydroxyl groups is 1. The fourth-order valence-electron chi connectivity index (χ4n) is 4.16. The molecule has 0 saturated carbocycles. The largest absolute Gasteiger partial charge is 0.512 e. The van der Waals surface area contributed by atoms with Crippen molar-refractivity contribution in [2.75, 3.05) is 5.73 Å². The lowest BCUT2D eigenvalue weighted by atomic mass is 9.83. The van der Waals surface area contributed by atoms with Crippen LogP contribution in [0, 0.1) is 0 Å². The Morgan fingerprint density at radius 3 is 2.45 bits per heavy atom. The average molecular weight is 394 g/mol. The van der Waals surface area contributed by atoms with E-state index in [0.717, 1.165) is 49.8 Å². The minimum Gasteiger partial charge on any atom is -0.512 e. The fourth-order valence-corrected chi connectivity index (χ4v) is 4.16. The number of aliphatic hydroxyl groups excluding tert-OH is 1. The highest BCUT2D eigenvalue weighted by molar-refractivity contribution is 5.90. The van der Waals surface area contributed by atoms with E-state index in [1.54, 1.807) is 0 Å². The Morgan fingerprint density at radius 2 is 1.76 bits per heavy atom. The van der Waals surface area contributed by atoms with Gasteiger partial charge in [0.15, 0.2) is 0 Å². The molecule has 4 heteroatoms. The van der Waals surface area contributed by atoms with Crippen LogP contribution in [0.25, 0.3) is 0 Å². The van der Waals surface area contributed by atoms with Crippen molar-refractivity contribution < 1.29 is 14.6 Å². The number of nitrogen functional groups attached to an aromatic ring is 1. The van der Waals surface area contributed by atoms with Gasteiger partial charge >= 0.3 is 5.97 Å². The third-order valence-electron chi connectivity index (χ3n) is 5.65. The molecule has 1 aliphatic heterocycles. The summed E-state index contributed by atoms with van der Waals surface area (Å²) in [5.74, 6) is -0.154. The molecule has 154 valence electrons. The van der Waals surface area contributed by atoms with Crippen LogP contribution < -0.4 is 5.73 Å². The Labute approximate surface area is 173 Å². The Kier molecular flexibility index (Phi) is 6.97.